The molecule has 0 rings (SSSR count). The lowest BCUT2D eigenvalue weighted by atomic mass is 10.1. The lowest BCUT2D eigenvalue weighted by Crippen LogP contribution is -2.47. The van der Waals surface area contributed by atoms with Gasteiger partial charge in [0.2, 0.25) is 5.91 Å². The summed E-state index contributed by atoms with van der Waals surface area (Å²) in [4.78, 5) is 33.2. The molecule has 0 fully saturated rings. The summed E-state index contributed by atoms with van der Waals surface area (Å²) < 4.78 is 0. The number of carbonyl (C=O) groups excluding carboxylic acids is 1. The zero-order valence-corrected chi connectivity index (χ0v) is 9.05. The van der Waals surface area contributed by atoms with Gasteiger partial charge in [0.05, 0.1) is 6.04 Å². The SMILES string of the molecule is CCCC(N)C(=O)N(CC(=O)O)CC(=O)O. The third-order valence-corrected chi connectivity index (χ3v) is 1.88. The Morgan fingerprint density at radius 1 is 1.19 bits per heavy atom. The smallest absolute Gasteiger partial charge is 0.323 e. The molecule has 0 saturated heterocycles. The molecule has 0 aliphatic rings. The minimum absolute atomic E-state index is 0.397. The topological polar surface area (TPSA) is 121 Å². The van der Waals surface area contributed by atoms with Crippen LogP contribution in [0.2, 0.25) is 0 Å². The van der Waals surface area contributed by atoms with Crippen LogP contribution in [0.25, 0.3) is 0 Å². The van der Waals surface area contributed by atoms with Crippen molar-refractivity contribution in [2.24, 2.45) is 5.73 Å². The summed E-state index contributed by atoms with van der Waals surface area (Å²) in [5, 5.41) is 17.1. The lowest BCUT2D eigenvalue weighted by Gasteiger charge is -2.21. The quantitative estimate of drug-likeness (QED) is 0.523. The number of aliphatic carboxylic acids is 2. The Balaban J connectivity index is 4.54. The van der Waals surface area contributed by atoms with Crippen molar-refractivity contribution in [1.29, 1.82) is 0 Å². The van der Waals surface area contributed by atoms with Gasteiger partial charge in [0.15, 0.2) is 0 Å². The fraction of sp³-hybridized carbons (Fsp3) is 0.667. The van der Waals surface area contributed by atoms with Crippen molar-refractivity contribution < 1.29 is 24.6 Å². The molecule has 16 heavy (non-hydrogen) atoms. The van der Waals surface area contributed by atoms with E-state index >= 15 is 0 Å². The Morgan fingerprint density at radius 3 is 1.94 bits per heavy atom. The summed E-state index contributed by atoms with van der Waals surface area (Å²) in [5.41, 5.74) is 5.50. The van der Waals surface area contributed by atoms with Gasteiger partial charge in [-0.3, -0.25) is 14.4 Å². The van der Waals surface area contributed by atoms with Crippen molar-refractivity contribution >= 4 is 17.8 Å². The standard InChI is InChI=1S/C9H16N2O5/c1-2-3-6(10)9(16)11(4-7(12)13)5-8(14)15/h6H,2-5,10H2,1H3,(H,12,13)(H,14,15). The number of carbonyl (C=O) groups is 3. The molecule has 1 unspecified atom stereocenters. The Bertz CT molecular complexity index is 263. The predicted octanol–water partition coefficient (Wildman–Crippen LogP) is -0.888. The van der Waals surface area contributed by atoms with Crippen molar-refractivity contribution in [1.82, 2.24) is 4.90 Å². The van der Waals surface area contributed by atoms with E-state index in [0.29, 0.717) is 12.8 Å². The molecule has 92 valence electrons. The van der Waals surface area contributed by atoms with Gasteiger partial charge in [0, 0.05) is 0 Å². The zero-order valence-electron chi connectivity index (χ0n) is 9.05. The molecular formula is C9H16N2O5. The molecule has 0 aromatic carbocycles. The normalized spacial score (nSPS) is 11.9. The van der Waals surface area contributed by atoms with Crippen LogP contribution in [-0.4, -0.2) is 52.1 Å². The van der Waals surface area contributed by atoms with Crippen LogP contribution in [0.5, 0.6) is 0 Å². The summed E-state index contributed by atoms with van der Waals surface area (Å²) in [6.07, 6.45) is 1.06. The minimum Gasteiger partial charge on any atom is -0.480 e. The molecular weight excluding hydrogens is 216 g/mol. The lowest BCUT2D eigenvalue weighted by molar-refractivity contribution is -0.149. The van der Waals surface area contributed by atoms with Crippen molar-refractivity contribution in [3.05, 3.63) is 0 Å². The van der Waals surface area contributed by atoms with Gasteiger partial charge in [0.25, 0.3) is 0 Å². The average Bonchev–Trinajstić information content (AvgIpc) is 2.14. The number of carboxylic acids is 2. The van der Waals surface area contributed by atoms with E-state index in [9.17, 15) is 14.4 Å². The number of carboxylic acid groups (broad SMARTS) is 2. The van der Waals surface area contributed by atoms with Crippen LogP contribution in [0.3, 0.4) is 0 Å². The summed E-state index contributed by atoms with van der Waals surface area (Å²) in [6, 6.07) is -0.844. The molecule has 7 nitrogen and oxygen atoms in total. The fourth-order valence-corrected chi connectivity index (χ4v) is 1.21. The molecule has 7 heteroatoms. The number of nitrogens with two attached hydrogens (primary N) is 1. The van der Waals surface area contributed by atoms with Crippen LogP contribution in [-0.2, 0) is 14.4 Å². The number of hydrogen-bond acceptors (Lipinski definition) is 4. The first kappa shape index (κ1) is 14.4. The van der Waals surface area contributed by atoms with Gasteiger partial charge in [-0.15, -0.1) is 0 Å². The molecule has 4 N–H and O–H groups in total. The van der Waals surface area contributed by atoms with E-state index in [1.165, 1.54) is 0 Å². The Labute approximate surface area is 92.8 Å². The Kier molecular flexibility index (Phi) is 6.09. The second-order valence-electron chi connectivity index (χ2n) is 3.38. The summed E-state index contributed by atoms with van der Waals surface area (Å²) >= 11 is 0. The Morgan fingerprint density at radius 2 is 1.62 bits per heavy atom. The van der Waals surface area contributed by atoms with Gasteiger partial charge in [-0.2, -0.15) is 0 Å². The molecule has 1 atom stereocenters. The van der Waals surface area contributed by atoms with Crippen molar-refractivity contribution in [3.8, 4) is 0 Å². The number of nitrogens with zero attached hydrogens (tertiary/aromatic N) is 1. The van der Waals surface area contributed by atoms with E-state index in [2.05, 4.69) is 0 Å². The van der Waals surface area contributed by atoms with E-state index in [1.807, 2.05) is 6.92 Å². The highest BCUT2D eigenvalue weighted by Gasteiger charge is 2.24. The summed E-state index contributed by atoms with van der Waals surface area (Å²) in [5.74, 6) is -3.18. The largest absolute Gasteiger partial charge is 0.480 e. The van der Waals surface area contributed by atoms with Gasteiger partial charge in [-0.1, -0.05) is 13.3 Å². The van der Waals surface area contributed by atoms with E-state index in [0.717, 1.165) is 4.90 Å². The van der Waals surface area contributed by atoms with Gasteiger partial charge in [-0.25, -0.2) is 0 Å². The van der Waals surface area contributed by atoms with Crippen LogP contribution >= 0.6 is 0 Å². The average molecular weight is 232 g/mol. The second-order valence-corrected chi connectivity index (χ2v) is 3.38. The first-order chi connectivity index (χ1) is 7.38. The third-order valence-electron chi connectivity index (χ3n) is 1.88. The van der Waals surface area contributed by atoms with Gasteiger partial charge < -0.3 is 20.8 Å². The van der Waals surface area contributed by atoms with Gasteiger partial charge in [-0.05, 0) is 6.42 Å². The molecule has 0 spiro atoms. The highest BCUT2D eigenvalue weighted by Crippen LogP contribution is 2.00. The van der Waals surface area contributed by atoms with Crippen molar-refractivity contribution in [2.75, 3.05) is 13.1 Å². The van der Waals surface area contributed by atoms with Crippen LogP contribution in [0, 0.1) is 0 Å². The zero-order chi connectivity index (χ0) is 12.7. The number of rotatable bonds is 7. The van der Waals surface area contributed by atoms with Crippen LogP contribution in [0.4, 0.5) is 0 Å². The molecule has 0 aromatic heterocycles. The maximum atomic E-state index is 11.6. The number of amides is 1. The monoisotopic (exact) mass is 232 g/mol. The Hall–Kier alpha value is -1.63. The highest BCUT2D eigenvalue weighted by atomic mass is 16.4. The molecule has 0 heterocycles. The molecule has 0 radical (unpaired) electrons. The van der Waals surface area contributed by atoms with Crippen LogP contribution in [0.1, 0.15) is 19.8 Å². The third kappa shape index (κ3) is 5.30. The summed E-state index contributed by atoms with van der Waals surface area (Å²) in [7, 11) is 0. The predicted molar refractivity (Wildman–Crippen MR) is 54.7 cm³/mol. The second kappa shape index (κ2) is 6.78. The van der Waals surface area contributed by atoms with E-state index in [-0.39, 0.29) is 0 Å². The highest BCUT2D eigenvalue weighted by molar-refractivity contribution is 5.88. The van der Waals surface area contributed by atoms with Gasteiger partial charge >= 0.3 is 11.9 Å². The molecule has 0 aliphatic carbocycles. The first-order valence-electron chi connectivity index (χ1n) is 4.86. The molecule has 0 aliphatic heterocycles. The van der Waals surface area contributed by atoms with E-state index in [4.69, 9.17) is 15.9 Å². The fourth-order valence-electron chi connectivity index (χ4n) is 1.21. The first-order valence-corrected chi connectivity index (χ1v) is 4.86. The van der Waals surface area contributed by atoms with Crippen LogP contribution < -0.4 is 5.73 Å². The molecule has 0 aromatic rings. The minimum atomic E-state index is -1.27. The van der Waals surface area contributed by atoms with Gasteiger partial charge in [0.1, 0.15) is 13.1 Å². The van der Waals surface area contributed by atoms with Crippen LogP contribution in [0.15, 0.2) is 0 Å². The van der Waals surface area contributed by atoms with Crippen molar-refractivity contribution in [2.45, 2.75) is 25.8 Å². The molecule has 0 bridgehead atoms. The van der Waals surface area contributed by atoms with Crippen molar-refractivity contribution in [3.63, 3.8) is 0 Å². The van der Waals surface area contributed by atoms with E-state index in [1.54, 1.807) is 0 Å². The summed E-state index contributed by atoms with van der Waals surface area (Å²) in [6.45, 7) is 0.525. The number of hydrogen-bond donors (Lipinski definition) is 3. The molecule has 0 saturated carbocycles. The maximum Gasteiger partial charge on any atom is 0.323 e. The maximum absolute atomic E-state index is 11.6. The molecule has 1 amide bonds. The van der Waals surface area contributed by atoms with E-state index < -0.39 is 37.0 Å².